The molecule has 3 heteroatoms. The van der Waals surface area contributed by atoms with Crippen LogP contribution in [0.4, 0.5) is 0 Å². The molecular formula is C15H19NOSi. The predicted octanol–water partition coefficient (Wildman–Crippen LogP) is 3.30. The maximum absolute atomic E-state index is 9.30. The largest absolute Gasteiger partial charge is 0.387 e. The average molecular weight is 257 g/mol. The van der Waals surface area contributed by atoms with Gasteiger partial charge in [-0.05, 0) is 38.4 Å². The van der Waals surface area contributed by atoms with Crippen LogP contribution in [-0.4, -0.2) is 13.9 Å². The van der Waals surface area contributed by atoms with Gasteiger partial charge in [0.25, 0.3) is 8.32 Å². The van der Waals surface area contributed by atoms with E-state index in [9.17, 15) is 5.26 Å². The minimum atomic E-state index is -2.17. The summed E-state index contributed by atoms with van der Waals surface area (Å²) in [6.07, 6.45) is 6.93. The van der Waals surface area contributed by atoms with Crippen LogP contribution in [0.5, 0.6) is 0 Å². The third-order valence-corrected chi connectivity index (χ3v) is 4.45. The first kappa shape index (κ1) is 14.5. The van der Waals surface area contributed by atoms with Crippen molar-refractivity contribution in [3.05, 3.63) is 35.9 Å². The molecule has 0 aliphatic heterocycles. The van der Waals surface area contributed by atoms with Crippen molar-refractivity contribution in [3.63, 3.8) is 0 Å². The average Bonchev–Trinajstić information content (AvgIpc) is 2.37. The van der Waals surface area contributed by atoms with Crippen molar-refractivity contribution < 1.29 is 4.43 Å². The normalized spacial score (nSPS) is 14.3. The Labute approximate surface area is 111 Å². The van der Waals surface area contributed by atoms with Crippen LogP contribution in [-0.2, 0) is 10.8 Å². The summed E-state index contributed by atoms with van der Waals surface area (Å²) in [5, 5.41) is 9.30. The van der Waals surface area contributed by atoms with Gasteiger partial charge in [0.05, 0.1) is 6.07 Å². The van der Waals surface area contributed by atoms with Crippen LogP contribution < -0.4 is 0 Å². The number of rotatable bonds is 5. The SMILES string of the molecule is C#C[Si](C)(C)OC(C)(C#N)CCc1ccccc1. The molecule has 1 aromatic rings. The molecule has 0 aliphatic carbocycles. The van der Waals surface area contributed by atoms with E-state index in [0.29, 0.717) is 6.42 Å². The molecule has 0 saturated carbocycles. The van der Waals surface area contributed by atoms with Crippen molar-refractivity contribution in [3.8, 4) is 18.0 Å². The lowest BCUT2D eigenvalue weighted by atomic mass is 9.98. The highest BCUT2D eigenvalue weighted by Gasteiger charge is 2.33. The lowest BCUT2D eigenvalue weighted by molar-refractivity contribution is 0.133. The van der Waals surface area contributed by atoms with Crippen molar-refractivity contribution in [1.29, 1.82) is 5.26 Å². The number of aryl methyl sites for hydroxylation is 1. The second kappa shape index (κ2) is 5.86. The Morgan fingerprint density at radius 3 is 2.44 bits per heavy atom. The van der Waals surface area contributed by atoms with Gasteiger partial charge in [-0.15, -0.1) is 12.0 Å². The molecule has 1 atom stereocenters. The van der Waals surface area contributed by atoms with Gasteiger partial charge in [-0.1, -0.05) is 30.3 Å². The summed E-state index contributed by atoms with van der Waals surface area (Å²) in [6, 6.07) is 12.4. The Morgan fingerprint density at radius 1 is 1.33 bits per heavy atom. The quantitative estimate of drug-likeness (QED) is 0.599. The molecule has 2 nitrogen and oxygen atoms in total. The number of hydrogen-bond donors (Lipinski definition) is 0. The Kier molecular flexibility index (Phi) is 4.73. The molecular weight excluding hydrogens is 238 g/mol. The van der Waals surface area contributed by atoms with Crippen molar-refractivity contribution in [2.75, 3.05) is 0 Å². The molecule has 18 heavy (non-hydrogen) atoms. The summed E-state index contributed by atoms with van der Waals surface area (Å²) >= 11 is 0. The van der Waals surface area contributed by atoms with Crippen molar-refractivity contribution >= 4 is 8.32 Å². The van der Waals surface area contributed by atoms with Crippen LogP contribution in [0.25, 0.3) is 0 Å². The molecule has 1 rings (SSSR count). The maximum Gasteiger partial charge on any atom is 0.267 e. The smallest absolute Gasteiger partial charge is 0.267 e. The molecule has 0 saturated heterocycles. The monoisotopic (exact) mass is 257 g/mol. The summed E-state index contributed by atoms with van der Waals surface area (Å²) in [4.78, 5) is 0. The van der Waals surface area contributed by atoms with Crippen LogP contribution in [0.15, 0.2) is 30.3 Å². The molecule has 0 bridgehead atoms. The van der Waals surface area contributed by atoms with Crippen LogP contribution in [0.1, 0.15) is 18.9 Å². The van der Waals surface area contributed by atoms with Gasteiger partial charge in [-0.2, -0.15) is 5.26 Å². The topological polar surface area (TPSA) is 33.0 Å². The molecule has 1 aromatic carbocycles. The van der Waals surface area contributed by atoms with Gasteiger partial charge in [0, 0.05) is 0 Å². The predicted molar refractivity (Wildman–Crippen MR) is 76.2 cm³/mol. The minimum Gasteiger partial charge on any atom is -0.387 e. The summed E-state index contributed by atoms with van der Waals surface area (Å²) in [5.41, 5.74) is 3.11. The van der Waals surface area contributed by atoms with Crippen LogP contribution in [0, 0.1) is 23.3 Å². The Morgan fingerprint density at radius 2 is 1.94 bits per heavy atom. The lowest BCUT2D eigenvalue weighted by Gasteiger charge is -2.29. The Bertz CT molecular complexity index is 470. The maximum atomic E-state index is 9.30. The van der Waals surface area contributed by atoms with Gasteiger partial charge < -0.3 is 4.43 Å². The first-order valence-corrected chi connectivity index (χ1v) is 8.95. The van der Waals surface area contributed by atoms with E-state index in [1.54, 1.807) is 0 Å². The number of hydrogen-bond acceptors (Lipinski definition) is 2. The van der Waals surface area contributed by atoms with Crippen molar-refractivity contribution in [2.45, 2.75) is 38.5 Å². The fraction of sp³-hybridized carbons (Fsp3) is 0.400. The molecule has 0 aromatic heterocycles. The second-order valence-corrected chi connectivity index (χ2v) is 8.60. The van der Waals surface area contributed by atoms with E-state index >= 15 is 0 Å². The third kappa shape index (κ3) is 4.37. The molecule has 1 unspecified atom stereocenters. The summed E-state index contributed by atoms with van der Waals surface area (Å²) < 4.78 is 5.89. The molecule has 0 spiro atoms. The van der Waals surface area contributed by atoms with Gasteiger partial charge in [0.1, 0.15) is 5.60 Å². The molecule has 0 radical (unpaired) electrons. The molecule has 0 aliphatic rings. The van der Waals surface area contributed by atoms with E-state index in [4.69, 9.17) is 10.8 Å². The second-order valence-electron chi connectivity index (χ2n) is 5.08. The summed E-state index contributed by atoms with van der Waals surface area (Å²) in [6.45, 7) is 5.69. The highest BCUT2D eigenvalue weighted by molar-refractivity contribution is 6.79. The highest BCUT2D eigenvalue weighted by Crippen LogP contribution is 2.22. The van der Waals surface area contributed by atoms with Gasteiger partial charge in [-0.3, -0.25) is 0 Å². The van der Waals surface area contributed by atoms with E-state index in [2.05, 4.69) is 23.7 Å². The van der Waals surface area contributed by atoms with Gasteiger partial charge in [0.15, 0.2) is 0 Å². The zero-order valence-electron chi connectivity index (χ0n) is 11.2. The number of nitriles is 1. The van der Waals surface area contributed by atoms with Crippen LogP contribution >= 0.6 is 0 Å². The summed E-state index contributed by atoms with van der Waals surface area (Å²) in [5.74, 6) is 0. The zero-order chi connectivity index (χ0) is 13.6. The van der Waals surface area contributed by atoms with E-state index in [0.717, 1.165) is 6.42 Å². The fourth-order valence-corrected chi connectivity index (χ4v) is 3.08. The molecule has 0 heterocycles. The van der Waals surface area contributed by atoms with E-state index < -0.39 is 13.9 Å². The fourth-order valence-electron chi connectivity index (χ4n) is 1.75. The summed E-state index contributed by atoms with van der Waals surface area (Å²) in [7, 11) is -2.17. The van der Waals surface area contributed by atoms with E-state index in [1.807, 2.05) is 38.2 Å². The minimum absolute atomic E-state index is 0.658. The first-order chi connectivity index (χ1) is 8.41. The van der Waals surface area contributed by atoms with E-state index in [1.165, 1.54) is 5.56 Å². The molecule has 0 amide bonds. The van der Waals surface area contributed by atoms with Crippen molar-refractivity contribution in [2.24, 2.45) is 0 Å². The first-order valence-electron chi connectivity index (χ1n) is 6.04. The van der Waals surface area contributed by atoms with Gasteiger partial charge in [-0.25, -0.2) is 0 Å². The van der Waals surface area contributed by atoms with Crippen molar-refractivity contribution in [1.82, 2.24) is 0 Å². The highest BCUT2D eigenvalue weighted by atomic mass is 28.4. The van der Waals surface area contributed by atoms with Crippen LogP contribution in [0.3, 0.4) is 0 Å². The molecule has 94 valence electrons. The Balaban J connectivity index is 2.68. The zero-order valence-corrected chi connectivity index (χ0v) is 12.2. The standard InChI is InChI=1S/C15H19NOSi/c1-5-18(3,4)17-15(2,13-16)12-11-14-9-7-6-8-10-14/h1,6-10H,11-12H2,2-4H3. The van der Waals surface area contributed by atoms with Gasteiger partial charge in [0.2, 0.25) is 0 Å². The lowest BCUT2D eigenvalue weighted by Crippen LogP contribution is -2.41. The van der Waals surface area contributed by atoms with E-state index in [-0.39, 0.29) is 0 Å². The number of benzene rings is 1. The number of terminal acetylenes is 1. The molecule has 0 fully saturated rings. The number of nitrogens with zero attached hydrogens (tertiary/aromatic N) is 1. The molecule has 0 N–H and O–H groups in total. The van der Waals surface area contributed by atoms with Crippen LogP contribution in [0.2, 0.25) is 13.1 Å². The third-order valence-electron chi connectivity index (χ3n) is 2.80. The Hall–Kier alpha value is -1.55. The van der Waals surface area contributed by atoms with Gasteiger partial charge >= 0.3 is 0 Å².